The van der Waals surface area contributed by atoms with Gasteiger partial charge in [-0.25, -0.2) is 8.78 Å². The Morgan fingerprint density at radius 1 is 1.46 bits per heavy atom. The summed E-state index contributed by atoms with van der Waals surface area (Å²) in [7, 11) is 0. The van der Waals surface area contributed by atoms with Crippen molar-refractivity contribution in [3.8, 4) is 0 Å². The van der Waals surface area contributed by atoms with Crippen LogP contribution < -0.4 is 5.32 Å². The van der Waals surface area contributed by atoms with Crippen LogP contribution in [0.2, 0.25) is 5.02 Å². The van der Waals surface area contributed by atoms with Crippen LogP contribution in [-0.4, -0.2) is 12.5 Å². The van der Waals surface area contributed by atoms with Gasteiger partial charge < -0.3 is 5.32 Å². The van der Waals surface area contributed by atoms with Gasteiger partial charge in [0.2, 0.25) is 0 Å². The van der Waals surface area contributed by atoms with Crippen LogP contribution in [0, 0.1) is 0 Å². The van der Waals surface area contributed by atoms with E-state index in [9.17, 15) is 8.78 Å². The van der Waals surface area contributed by atoms with Crippen LogP contribution in [0.25, 0.3) is 0 Å². The SMILES string of the molecule is FC(F)C1Cc2cccc(Cl)c2N1. The Morgan fingerprint density at radius 3 is 2.85 bits per heavy atom. The number of fused-ring (bicyclic) bond motifs is 1. The molecule has 0 saturated heterocycles. The van der Waals surface area contributed by atoms with Gasteiger partial charge in [-0.15, -0.1) is 0 Å². The highest BCUT2D eigenvalue weighted by atomic mass is 35.5. The number of hydrogen-bond acceptors (Lipinski definition) is 1. The number of alkyl halides is 2. The van der Waals surface area contributed by atoms with Crippen molar-refractivity contribution in [1.82, 2.24) is 0 Å². The van der Waals surface area contributed by atoms with Crippen LogP contribution in [0.1, 0.15) is 5.56 Å². The van der Waals surface area contributed by atoms with Gasteiger partial charge >= 0.3 is 0 Å². The maximum atomic E-state index is 12.3. The van der Waals surface area contributed by atoms with E-state index in [0.717, 1.165) is 5.56 Å². The summed E-state index contributed by atoms with van der Waals surface area (Å²) in [6.45, 7) is 0. The maximum Gasteiger partial charge on any atom is 0.258 e. The first-order valence-electron chi connectivity index (χ1n) is 4.00. The molecule has 0 saturated carbocycles. The van der Waals surface area contributed by atoms with Gasteiger partial charge in [-0.3, -0.25) is 0 Å². The van der Waals surface area contributed by atoms with Gasteiger partial charge in [0, 0.05) is 6.42 Å². The summed E-state index contributed by atoms with van der Waals surface area (Å²) in [5.41, 5.74) is 1.53. The molecule has 4 heteroatoms. The number of halogens is 3. The van der Waals surface area contributed by atoms with Gasteiger partial charge in [0.25, 0.3) is 6.43 Å². The number of para-hydroxylation sites is 1. The molecule has 2 rings (SSSR count). The number of anilines is 1. The fourth-order valence-corrected chi connectivity index (χ4v) is 1.77. The van der Waals surface area contributed by atoms with Crippen molar-refractivity contribution in [1.29, 1.82) is 0 Å². The van der Waals surface area contributed by atoms with Gasteiger partial charge in [-0.05, 0) is 11.6 Å². The van der Waals surface area contributed by atoms with E-state index in [2.05, 4.69) is 5.32 Å². The third-order valence-electron chi connectivity index (χ3n) is 2.17. The monoisotopic (exact) mass is 203 g/mol. The fraction of sp³-hybridized carbons (Fsp3) is 0.333. The number of hydrogen-bond donors (Lipinski definition) is 1. The molecule has 0 aromatic heterocycles. The molecular formula is C9H8ClF2N. The topological polar surface area (TPSA) is 12.0 Å². The van der Waals surface area contributed by atoms with E-state index in [0.29, 0.717) is 17.1 Å². The van der Waals surface area contributed by atoms with Gasteiger partial charge in [0.05, 0.1) is 16.8 Å². The van der Waals surface area contributed by atoms with E-state index in [-0.39, 0.29) is 0 Å². The largest absolute Gasteiger partial charge is 0.375 e. The second-order valence-electron chi connectivity index (χ2n) is 3.06. The molecular weight excluding hydrogens is 196 g/mol. The molecule has 0 fully saturated rings. The molecule has 1 unspecified atom stereocenters. The first-order valence-corrected chi connectivity index (χ1v) is 4.38. The summed E-state index contributed by atoms with van der Waals surface area (Å²) in [5, 5.41) is 3.23. The van der Waals surface area contributed by atoms with Crippen LogP contribution in [0.15, 0.2) is 18.2 Å². The molecule has 0 spiro atoms. The molecule has 0 radical (unpaired) electrons. The molecule has 1 N–H and O–H groups in total. The standard InChI is InChI=1S/C9H8ClF2N/c10-6-3-1-2-5-4-7(9(11)12)13-8(5)6/h1-3,7,9,13H,4H2. The summed E-state index contributed by atoms with van der Waals surface area (Å²) in [5.74, 6) is 0. The molecule has 1 heterocycles. The minimum Gasteiger partial charge on any atom is -0.375 e. The lowest BCUT2D eigenvalue weighted by Gasteiger charge is -2.09. The van der Waals surface area contributed by atoms with Crippen LogP contribution >= 0.6 is 11.6 Å². The first-order chi connectivity index (χ1) is 6.18. The number of rotatable bonds is 1. The normalized spacial score (nSPS) is 20.2. The second-order valence-corrected chi connectivity index (χ2v) is 3.47. The lowest BCUT2D eigenvalue weighted by atomic mass is 10.1. The molecule has 0 amide bonds. The third kappa shape index (κ3) is 1.48. The minimum atomic E-state index is -2.34. The Morgan fingerprint density at radius 2 is 2.23 bits per heavy atom. The van der Waals surface area contributed by atoms with E-state index in [1.165, 1.54) is 0 Å². The van der Waals surface area contributed by atoms with Crippen molar-refractivity contribution in [2.75, 3.05) is 5.32 Å². The molecule has 1 aliphatic heterocycles. The van der Waals surface area contributed by atoms with Crippen LogP contribution in [0.4, 0.5) is 14.5 Å². The van der Waals surface area contributed by atoms with Crippen molar-refractivity contribution < 1.29 is 8.78 Å². The Bertz CT molecular complexity index is 327. The zero-order chi connectivity index (χ0) is 9.42. The zero-order valence-corrected chi connectivity index (χ0v) is 7.48. The van der Waals surface area contributed by atoms with Crippen molar-refractivity contribution in [3.05, 3.63) is 28.8 Å². The van der Waals surface area contributed by atoms with Gasteiger partial charge in [-0.1, -0.05) is 23.7 Å². The molecule has 1 aromatic rings. The Labute approximate surface area is 79.7 Å². The van der Waals surface area contributed by atoms with E-state index < -0.39 is 12.5 Å². The molecule has 1 aromatic carbocycles. The van der Waals surface area contributed by atoms with Crippen molar-refractivity contribution in [2.45, 2.75) is 18.9 Å². The van der Waals surface area contributed by atoms with E-state index >= 15 is 0 Å². The smallest absolute Gasteiger partial charge is 0.258 e. The quantitative estimate of drug-likeness (QED) is 0.740. The Balaban J connectivity index is 2.30. The number of benzene rings is 1. The molecule has 13 heavy (non-hydrogen) atoms. The summed E-state index contributed by atoms with van der Waals surface area (Å²) in [6, 6.07) is 4.50. The Hall–Kier alpha value is -0.830. The summed E-state index contributed by atoms with van der Waals surface area (Å²) in [4.78, 5) is 0. The lowest BCUT2D eigenvalue weighted by Crippen LogP contribution is -2.24. The zero-order valence-electron chi connectivity index (χ0n) is 6.73. The van der Waals surface area contributed by atoms with Crippen molar-refractivity contribution >= 4 is 17.3 Å². The molecule has 1 aliphatic rings. The van der Waals surface area contributed by atoms with Crippen LogP contribution in [0.3, 0.4) is 0 Å². The van der Waals surface area contributed by atoms with E-state index in [1.807, 2.05) is 6.07 Å². The molecule has 70 valence electrons. The highest BCUT2D eigenvalue weighted by Crippen LogP contribution is 2.34. The summed E-state index contributed by atoms with van der Waals surface area (Å²) >= 11 is 5.83. The second kappa shape index (κ2) is 3.14. The minimum absolute atomic E-state index is 0.355. The summed E-state index contributed by atoms with van der Waals surface area (Å²) < 4.78 is 24.7. The summed E-state index contributed by atoms with van der Waals surface area (Å²) in [6.07, 6.45) is -1.99. The average Bonchev–Trinajstić information content (AvgIpc) is 2.49. The predicted octanol–water partition coefficient (Wildman–Crippen LogP) is 2.94. The fourth-order valence-electron chi connectivity index (χ4n) is 1.53. The molecule has 0 aliphatic carbocycles. The first kappa shape index (κ1) is 8.75. The maximum absolute atomic E-state index is 12.3. The highest BCUT2D eigenvalue weighted by molar-refractivity contribution is 6.33. The van der Waals surface area contributed by atoms with E-state index in [1.54, 1.807) is 12.1 Å². The van der Waals surface area contributed by atoms with Crippen LogP contribution in [-0.2, 0) is 6.42 Å². The molecule has 0 bridgehead atoms. The van der Waals surface area contributed by atoms with Crippen molar-refractivity contribution in [2.24, 2.45) is 0 Å². The predicted molar refractivity (Wildman–Crippen MR) is 48.6 cm³/mol. The van der Waals surface area contributed by atoms with E-state index in [4.69, 9.17) is 11.6 Å². The third-order valence-corrected chi connectivity index (χ3v) is 2.49. The molecule has 1 nitrogen and oxygen atoms in total. The lowest BCUT2D eigenvalue weighted by molar-refractivity contribution is 0.126. The average molecular weight is 204 g/mol. The van der Waals surface area contributed by atoms with Gasteiger partial charge in [-0.2, -0.15) is 0 Å². The van der Waals surface area contributed by atoms with Crippen LogP contribution in [0.5, 0.6) is 0 Å². The van der Waals surface area contributed by atoms with Gasteiger partial charge in [0.1, 0.15) is 0 Å². The van der Waals surface area contributed by atoms with Crippen molar-refractivity contribution in [3.63, 3.8) is 0 Å². The Kier molecular flexibility index (Phi) is 2.12. The highest BCUT2D eigenvalue weighted by Gasteiger charge is 2.28. The van der Waals surface area contributed by atoms with Gasteiger partial charge in [0.15, 0.2) is 0 Å². The molecule has 1 atom stereocenters. The number of nitrogens with one attached hydrogen (secondary N) is 1.